The van der Waals surface area contributed by atoms with Crippen molar-refractivity contribution in [3.8, 4) is 0 Å². The van der Waals surface area contributed by atoms with E-state index in [9.17, 15) is 0 Å². The first-order chi connectivity index (χ1) is 12.6. The minimum atomic E-state index is 0.311. The number of pyridine rings is 1. The highest BCUT2D eigenvalue weighted by atomic mass is 32.1. The van der Waals surface area contributed by atoms with E-state index in [0.717, 1.165) is 24.9 Å². The average molecular weight is 372 g/mol. The lowest BCUT2D eigenvalue weighted by molar-refractivity contribution is 0.190. The molecule has 2 aliphatic rings. The number of fused-ring (bicyclic) bond motifs is 1. The Hall–Kier alpha value is -1.53. The van der Waals surface area contributed by atoms with E-state index in [0.29, 0.717) is 11.8 Å². The van der Waals surface area contributed by atoms with Crippen LogP contribution in [0.2, 0.25) is 0 Å². The van der Waals surface area contributed by atoms with Crippen molar-refractivity contribution < 1.29 is 0 Å². The molecule has 0 saturated heterocycles. The zero-order valence-electron chi connectivity index (χ0n) is 16.0. The van der Waals surface area contributed by atoms with Gasteiger partial charge >= 0.3 is 0 Å². The van der Waals surface area contributed by atoms with E-state index >= 15 is 0 Å². The van der Waals surface area contributed by atoms with Gasteiger partial charge in [-0.05, 0) is 62.4 Å². The Kier molecular flexibility index (Phi) is 4.97. The smallest absolute Gasteiger partial charge is 0.142 e. The van der Waals surface area contributed by atoms with Crippen LogP contribution in [0.15, 0.2) is 24.7 Å². The number of nitrogens with zero attached hydrogens (tertiary/aromatic N) is 5. The van der Waals surface area contributed by atoms with Crippen LogP contribution in [0.1, 0.15) is 61.1 Å². The fraction of sp³-hybridized carbons (Fsp3) is 0.600. The van der Waals surface area contributed by atoms with Crippen molar-refractivity contribution in [1.82, 2.24) is 19.7 Å². The van der Waals surface area contributed by atoms with Gasteiger partial charge in [-0.2, -0.15) is 5.10 Å². The van der Waals surface area contributed by atoms with Gasteiger partial charge in [-0.1, -0.05) is 19.7 Å². The summed E-state index contributed by atoms with van der Waals surface area (Å²) in [6.45, 7) is 4.24. The first-order valence-corrected chi connectivity index (χ1v) is 10.1. The van der Waals surface area contributed by atoms with Crippen molar-refractivity contribution >= 4 is 18.6 Å². The standard InChI is InChI=1S/C20H29N5S/c1-4-23(2)17-7-5-14(6-8-17)15-9-18-19(16-11-22-24(3)12-16)13-25(26)20(18)21-10-15/h9-12,14,17,19,26H,4-8,13H2,1-3H3/t14-,17+,19?. The summed E-state index contributed by atoms with van der Waals surface area (Å²) in [6, 6.07) is 3.14. The lowest BCUT2D eigenvalue weighted by Crippen LogP contribution is -2.34. The van der Waals surface area contributed by atoms with Crippen LogP contribution in [0.4, 0.5) is 5.82 Å². The minimum Gasteiger partial charge on any atom is -0.304 e. The van der Waals surface area contributed by atoms with Gasteiger partial charge in [0.05, 0.1) is 6.20 Å². The number of hydrogen-bond acceptors (Lipinski definition) is 5. The van der Waals surface area contributed by atoms with Gasteiger partial charge in [0.2, 0.25) is 0 Å². The third-order valence-electron chi connectivity index (χ3n) is 6.31. The normalized spacial score (nSPS) is 25.7. The van der Waals surface area contributed by atoms with E-state index in [1.807, 2.05) is 22.2 Å². The Morgan fingerprint density at radius 2 is 1.96 bits per heavy atom. The van der Waals surface area contributed by atoms with E-state index in [2.05, 4.69) is 55.2 Å². The van der Waals surface area contributed by atoms with Crippen LogP contribution in [0.5, 0.6) is 0 Å². The second-order valence-corrected chi connectivity index (χ2v) is 8.33. The van der Waals surface area contributed by atoms with Gasteiger partial charge in [0, 0.05) is 43.5 Å². The number of anilines is 1. The topological polar surface area (TPSA) is 37.2 Å². The van der Waals surface area contributed by atoms with Crippen LogP contribution < -0.4 is 4.31 Å². The molecule has 2 aromatic rings. The van der Waals surface area contributed by atoms with Crippen LogP contribution >= 0.6 is 12.8 Å². The van der Waals surface area contributed by atoms with Gasteiger partial charge < -0.3 is 9.21 Å². The zero-order valence-corrected chi connectivity index (χ0v) is 16.9. The first-order valence-electron chi connectivity index (χ1n) is 9.71. The highest BCUT2D eigenvalue weighted by Gasteiger charge is 2.32. The van der Waals surface area contributed by atoms with Crippen LogP contribution in [-0.4, -0.2) is 45.8 Å². The predicted octanol–water partition coefficient (Wildman–Crippen LogP) is 3.59. The Labute approximate surface area is 161 Å². The first kappa shape index (κ1) is 17.9. The average Bonchev–Trinajstić information content (AvgIpc) is 3.24. The second-order valence-electron chi connectivity index (χ2n) is 7.84. The largest absolute Gasteiger partial charge is 0.304 e. The minimum absolute atomic E-state index is 0.311. The van der Waals surface area contributed by atoms with Gasteiger partial charge in [0.1, 0.15) is 5.82 Å². The summed E-state index contributed by atoms with van der Waals surface area (Å²) < 4.78 is 3.85. The van der Waals surface area contributed by atoms with E-state index in [4.69, 9.17) is 4.98 Å². The maximum Gasteiger partial charge on any atom is 0.142 e. The molecule has 1 saturated carbocycles. The summed E-state index contributed by atoms with van der Waals surface area (Å²) in [6.07, 6.45) is 11.3. The second kappa shape index (κ2) is 7.24. The molecule has 1 unspecified atom stereocenters. The Morgan fingerprint density at radius 1 is 1.19 bits per heavy atom. The molecule has 0 radical (unpaired) electrons. The molecular weight excluding hydrogens is 342 g/mol. The molecule has 0 amide bonds. The van der Waals surface area contributed by atoms with Crippen molar-refractivity contribution in [2.75, 3.05) is 24.4 Å². The molecule has 0 aromatic carbocycles. The van der Waals surface area contributed by atoms with Crippen LogP contribution in [0, 0.1) is 0 Å². The summed E-state index contributed by atoms with van der Waals surface area (Å²) in [7, 11) is 4.22. The van der Waals surface area contributed by atoms with Crippen molar-refractivity contribution in [1.29, 1.82) is 0 Å². The predicted molar refractivity (Wildman–Crippen MR) is 109 cm³/mol. The number of hydrogen-bond donors (Lipinski definition) is 1. The van der Waals surface area contributed by atoms with Crippen molar-refractivity contribution in [3.05, 3.63) is 41.3 Å². The van der Waals surface area contributed by atoms with Crippen molar-refractivity contribution in [3.63, 3.8) is 0 Å². The lowest BCUT2D eigenvalue weighted by Gasteiger charge is -2.34. The maximum absolute atomic E-state index is 4.78. The van der Waals surface area contributed by atoms with E-state index < -0.39 is 0 Å². The lowest BCUT2D eigenvalue weighted by atomic mass is 9.81. The van der Waals surface area contributed by atoms with Crippen LogP contribution in [-0.2, 0) is 7.05 Å². The molecular formula is C20H29N5S. The molecule has 0 bridgehead atoms. The third-order valence-corrected chi connectivity index (χ3v) is 6.66. The molecule has 0 spiro atoms. The fourth-order valence-corrected chi connectivity index (χ4v) is 4.89. The molecule has 4 rings (SSSR count). The molecule has 1 aliphatic carbocycles. The number of aryl methyl sites for hydroxylation is 1. The summed E-state index contributed by atoms with van der Waals surface area (Å²) in [5.74, 6) is 1.95. The van der Waals surface area contributed by atoms with Crippen molar-refractivity contribution in [2.24, 2.45) is 7.05 Å². The van der Waals surface area contributed by atoms with E-state index in [1.54, 1.807) is 0 Å². The van der Waals surface area contributed by atoms with E-state index in [-0.39, 0.29) is 0 Å². The van der Waals surface area contributed by atoms with Crippen LogP contribution in [0.25, 0.3) is 0 Å². The SMILES string of the molecule is CCN(C)[C@H]1CC[C@@H](c2cnc3c(c2)C(c2cnn(C)c2)CN3S)CC1. The quantitative estimate of drug-likeness (QED) is 0.834. The molecule has 2 aromatic heterocycles. The van der Waals surface area contributed by atoms with Gasteiger partial charge in [-0.25, -0.2) is 4.98 Å². The molecule has 1 aliphatic heterocycles. The van der Waals surface area contributed by atoms with Gasteiger partial charge in [-0.15, -0.1) is 0 Å². The van der Waals surface area contributed by atoms with Gasteiger partial charge in [0.25, 0.3) is 0 Å². The monoisotopic (exact) mass is 371 g/mol. The molecule has 0 N–H and O–H groups in total. The van der Waals surface area contributed by atoms with Gasteiger partial charge in [0.15, 0.2) is 0 Å². The molecule has 3 heterocycles. The molecule has 1 fully saturated rings. The molecule has 26 heavy (non-hydrogen) atoms. The molecule has 6 heteroatoms. The maximum atomic E-state index is 4.78. The number of rotatable bonds is 4. The third kappa shape index (κ3) is 3.25. The highest BCUT2D eigenvalue weighted by Crippen LogP contribution is 2.42. The Morgan fingerprint density at radius 3 is 2.62 bits per heavy atom. The Bertz CT molecular complexity index is 765. The van der Waals surface area contributed by atoms with E-state index in [1.165, 1.54) is 42.4 Å². The molecule has 5 nitrogen and oxygen atoms in total. The fourth-order valence-electron chi connectivity index (χ4n) is 4.56. The highest BCUT2D eigenvalue weighted by molar-refractivity contribution is 7.81. The number of thiol groups is 1. The summed E-state index contributed by atoms with van der Waals surface area (Å²) in [5.41, 5.74) is 3.95. The summed E-state index contributed by atoms with van der Waals surface area (Å²) in [4.78, 5) is 7.27. The van der Waals surface area contributed by atoms with Crippen molar-refractivity contribution in [2.45, 2.75) is 50.5 Å². The Balaban J connectivity index is 1.55. The summed E-state index contributed by atoms with van der Waals surface area (Å²) in [5, 5.41) is 4.35. The van der Waals surface area contributed by atoms with Gasteiger partial charge in [-0.3, -0.25) is 4.68 Å². The molecule has 140 valence electrons. The number of aromatic nitrogens is 3. The summed E-state index contributed by atoms with van der Waals surface area (Å²) >= 11 is 4.63. The zero-order chi connectivity index (χ0) is 18.3. The van der Waals surface area contributed by atoms with Crippen LogP contribution in [0.3, 0.4) is 0 Å². The molecule has 1 atom stereocenters.